The first-order valence-corrected chi connectivity index (χ1v) is 9.92. The molecule has 2 heterocycles. The normalized spacial score (nSPS) is 14.4. The van der Waals surface area contributed by atoms with Crippen molar-refractivity contribution >= 4 is 35.1 Å². The third-order valence-electron chi connectivity index (χ3n) is 4.16. The molecular weight excluding hydrogens is 354 g/mol. The molecule has 132 valence electrons. The highest BCUT2D eigenvalue weighted by molar-refractivity contribution is 8.00. The Morgan fingerprint density at radius 3 is 2.68 bits per heavy atom. The fourth-order valence-electron chi connectivity index (χ4n) is 2.80. The van der Waals surface area contributed by atoms with Crippen LogP contribution in [-0.4, -0.2) is 29.7 Å². The Bertz CT molecular complexity index is 702. The lowest BCUT2D eigenvalue weighted by atomic mass is 10.1. The number of thioether (sulfide) groups is 1. The highest BCUT2D eigenvalue weighted by Gasteiger charge is 2.12. The summed E-state index contributed by atoms with van der Waals surface area (Å²) in [5.74, 6) is 1.43. The van der Waals surface area contributed by atoms with Gasteiger partial charge in [-0.3, -0.25) is 4.79 Å². The summed E-state index contributed by atoms with van der Waals surface area (Å²) >= 11 is 7.37. The molecule has 1 amide bonds. The van der Waals surface area contributed by atoms with Gasteiger partial charge in [0.2, 0.25) is 5.91 Å². The number of aromatic nitrogens is 1. The molecule has 1 aliphatic rings. The molecule has 0 unspecified atom stereocenters. The zero-order chi connectivity index (χ0) is 17.5. The molecule has 1 aliphatic heterocycles. The van der Waals surface area contributed by atoms with Gasteiger partial charge in [0.1, 0.15) is 5.82 Å². The molecule has 2 aromatic rings. The number of hydrogen-bond acceptors (Lipinski definition) is 4. The molecule has 1 fully saturated rings. The van der Waals surface area contributed by atoms with Gasteiger partial charge in [-0.25, -0.2) is 4.98 Å². The Morgan fingerprint density at radius 2 is 1.92 bits per heavy atom. The van der Waals surface area contributed by atoms with E-state index in [0.717, 1.165) is 29.4 Å². The van der Waals surface area contributed by atoms with Gasteiger partial charge < -0.3 is 10.2 Å². The Labute approximate surface area is 158 Å². The molecule has 0 saturated carbocycles. The standard InChI is InChI=1S/C19H22ClN3OS/c20-16-4-6-17(7-5-16)25-14-19(24)22-13-15-8-9-21-18(12-15)23-10-2-1-3-11-23/h4-9,12H,1-3,10-11,13-14H2,(H,22,24). The number of carbonyl (C=O) groups is 1. The van der Waals surface area contributed by atoms with E-state index in [-0.39, 0.29) is 5.91 Å². The van der Waals surface area contributed by atoms with Crippen molar-refractivity contribution in [2.75, 3.05) is 23.7 Å². The van der Waals surface area contributed by atoms with Gasteiger partial charge in [-0.15, -0.1) is 11.8 Å². The van der Waals surface area contributed by atoms with Crippen molar-refractivity contribution in [1.82, 2.24) is 10.3 Å². The maximum absolute atomic E-state index is 12.1. The van der Waals surface area contributed by atoms with Gasteiger partial charge in [0, 0.05) is 35.7 Å². The molecular formula is C19H22ClN3OS. The van der Waals surface area contributed by atoms with Crippen molar-refractivity contribution in [2.45, 2.75) is 30.7 Å². The topological polar surface area (TPSA) is 45.2 Å². The molecule has 1 aromatic heterocycles. The number of piperidine rings is 1. The maximum atomic E-state index is 12.1. The van der Waals surface area contributed by atoms with Crippen molar-refractivity contribution < 1.29 is 4.79 Å². The molecule has 0 atom stereocenters. The van der Waals surface area contributed by atoms with Crippen LogP contribution >= 0.6 is 23.4 Å². The van der Waals surface area contributed by atoms with Crippen LogP contribution in [0.15, 0.2) is 47.5 Å². The third kappa shape index (κ3) is 5.65. The van der Waals surface area contributed by atoms with Gasteiger partial charge in [0.25, 0.3) is 0 Å². The molecule has 4 nitrogen and oxygen atoms in total. The van der Waals surface area contributed by atoms with E-state index in [0.29, 0.717) is 17.3 Å². The largest absolute Gasteiger partial charge is 0.357 e. The molecule has 1 saturated heterocycles. The average molecular weight is 376 g/mol. The molecule has 3 rings (SSSR count). The minimum atomic E-state index is 0.0243. The number of anilines is 1. The van der Waals surface area contributed by atoms with Crippen molar-refractivity contribution in [1.29, 1.82) is 0 Å². The van der Waals surface area contributed by atoms with E-state index in [1.165, 1.54) is 31.0 Å². The predicted molar refractivity (Wildman–Crippen MR) is 104 cm³/mol. The fraction of sp³-hybridized carbons (Fsp3) is 0.368. The van der Waals surface area contributed by atoms with Crippen LogP contribution in [-0.2, 0) is 11.3 Å². The molecule has 1 N–H and O–H groups in total. The highest BCUT2D eigenvalue weighted by atomic mass is 35.5. The Kier molecular flexibility index (Phi) is 6.59. The second kappa shape index (κ2) is 9.11. The number of carbonyl (C=O) groups excluding carboxylic acids is 1. The van der Waals surface area contributed by atoms with E-state index >= 15 is 0 Å². The molecule has 25 heavy (non-hydrogen) atoms. The lowest BCUT2D eigenvalue weighted by molar-refractivity contribution is -0.118. The lowest BCUT2D eigenvalue weighted by Crippen LogP contribution is -2.30. The van der Waals surface area contributed by atoms with E-state index in [1.54, 1.807) is 0 Å². The summed E-state index contributed by atoms with van der Waals surface area (Å²) in [6, 6.07) is 11.6. The summed E-state index contributed by atoms with van der Waals surface area (Å²) in [5, 5.41) is 3.68. The molecule has 6 heteroatoms. The van der Waals surface area contributed by atoms with Crippen LogP contribution < -0.4 is 10.2 Å². The molecule has 0 bridgehead atoms. The first-order valence-electron chi connectivity index (χ1n) is 8.56. The summed E-state index contributed by atoms with van der Waals surface area (Å²) in [6.07, 6.45) is 5.58. The van der Waals surface area contributed by atoms with Crippen LogP contribution in [0.3, 0.4) is 0 Å². The van der Waals surface area contributed by atoms with E-state index in [4.69, 9.17) is 11.6 Å². The maximum Gasteiger partial charge on any atom is 0.230 e. The van der Waals surface area contributed by atoms with Gasteiger partial charge in [-0.1, -0.05) is 11.6 Å². The van der Waals surface area contributed by atoms with E-state index in [1.807, 2.05) is 36.5 Å². The Morgan fingerprint density at radius 1 is 1.16 bits per heavy atom. The van der Waals surface area contributed by atoms with Crippen LogP contribution in [0.2, 0.25) is 5.02 Å². The number of nitrogens with one attached hydrogen (secondary N) is 1. The summed E-state index contributed by atoms with van der Waals surface area (Å²) < 4.78 is 0. The minimum absolute atomic E-state index is 0.0243. The summed E-state index contributed by atoms with van der Waals surface area (Å²) in [5.41, 5.74) is 1.08. The van der Waals surface area contributed by atoms with Gasteiger partial charge in [-0.05, 0) is 61.2 Å². The number of halogens is 1. The first-order chi connectivity index (χ1) is 12.2. The van der Waals surface area contributed by atoms with E-state index in [9.17, 15) is 4.79 Å². The van der Waals surface area contributed by atoms with E-state index < -0.39 is 0 Å². The second-order valence-corrected chi connectivity index (χ2v) is 7.57. The Balaban J connectivity index is 1.47. The molecule has 0 aliphatic carbocycles. The number of amides is 1. The van der Waals surface area contributed by atoms with Gasteiger partial charge in [-0.2, -0.15) is 0 Å². The minimum Gasteiger partial charge on any atom is -0.357 e. The highest BCUT2D eigenvalue weighted by Crippen LogP contribution is 2.20. The van der Waals surface area contributed by atoms with Crippen LogP contribution in [0, 0.1) is 0 Å². The number of pyridine rings is 1. The molecule has 0 radical (unpaired) electrons. The smallest absolute Gasteiger partial charge is 0.230 e. The zero-order valence-corrected chi connectivity index (χ0v) is 15.7. The van der Waals surface area contributed by atoms with E-state index in [2.05, 4.69) is 21.3 Å². The van der Waals surface area contributed by atoms with Gasteiger partial charge in [0.15, 0.2) is 0 Å². The van der Waals surface area contributed by atoms with Crippen molar-refractivity contribution in [3.63, 3.8) is 0 Å². The average Bonchev–Trinajstić information content (AvgIpc) is 2.67. The summed E-state index contributed by atoms with van der Waals surface area (Å²) in [6.45, 7) is 2.67. The first kappa shape index (κ1) is 18.1. The number of benzene rings is 1. The van der Waals surface area contributed by atoms with Gasteiger partial charge >= 0.3 is 0 Å². The Hall–Kier alpha value is -1.72. The lowest BCUT2D eigenvalue weighted by Gasteiger charge is -2.27. The molecule has 1 aromatic carbocycles. The fourth-order valence-corrected chi connectivity index (χ4v) is 3.65. The predicted octanol–water partition coefficient (Wildman–Crippen LogP) is 4.13. The second-order valence-electron chi connectivity index (χ2n) is 6.09. The van der Waals surface area contributed by atoms with Crippen molar-refractivity contribution in [3.05, 3.63) is 53.2 Å². The SMILES string of the molecule is O=C(CSc1ccc(Cl)cc1)NCc1ccnc(N2CCCCC2)c1. The van der Waals surface area contributed by atoms with Crippen LogP contribution in [0.4, 0.5) is 5.82 Å². The quantitative estimate of drug-likeness (QED) is 0.771. The monoisotopic (exact) mass is 375 g/mol. The van der Waals surface area contributed by atoms with Crippen LogP contribution in [0.1, 0.15) is 24.8 Å². The zero-order valence-electron chi connectivity index (χ0n) is 14.1. The van der Waals surface area contributed by atoms with Crippen LogP contribution in [0.25, 0.3) is 0 Å². The van der Waals surface area contributed by atoms with Crippen molar-refractivity contribution in [2.24, 2.45) is 0 Å². The van der Waals surface area contributed by atoms with Crippen molar-refractivity contribution in [3.8, 4) is 0 Å². The summed E-state index contributed by atoms with van der Waals surface area (Å²) in [4.78, 5) is 19.9. The summed E-state index contributed by atoms with van der Waals surface area (Å²) in [7, 11) is 0. The van der Waals surface area contributed by atoms with Crippen LogP contribution in [0.5, 0.6) is 0 Å². The number of hydrogen-bond donors (Lipinski definition) is 1. The van der Waals surface area contributed by atoms with Gasteiger partial charge in [0.05, 0.1) is 5.75 Å². The third-order valence-corrected chi connectivity index (χ3v) is 5.43. The number of rotatable bonds is 6. The molecule has 0 spiro atoms. The number of nitrogens with zero attached hydrogens (tertiary/aromatic N) is 2.